The van der Waals surface area contributed by atoms with E-state index in [1.54, 1.807) is 7.11 Å². The molecule has 2 aromatic rings. The van der Waals surface area contributed by atoms with Gasteiger partial charge in [-0.25, -0.2) is 0 Å². The second-order valence-corrected chi connectivity index (χ2v) is 7.51. The van der Waals surface area contributed by atoms with Gasteiger partial charge in [-0.05, 0) is 43.7 Å². The van der Waals surface area contributed by atoms with E-state index in [-0.39, 0.29) is 24.0 Å². The SMILES string of the molecule is CN=C(NCCC(C)N(C)Cc1ccccc1)NCc1ccc(NCCOC)cc1.I. The van der Waals surface area contributed by atoms with E-state index in [0.29, 0.717) is 12.6 Å². The molecule has 1 unspecified atom stereocenters. The minimum absolute atomic E-state index is 0. The number of hydrogen-bond donors (Lipinski definition) is 3. The summed E-state index contributed by atoms with van der Waals surface area (Å²) < 4.78 is 5.06. The van der Waals surface area contributed by atoms with Crippen molar-refractivity contribution in [1.29, 1.82) is 0 Å². The van der Waals surface area contributed by atoms with Crippen molar-refractivity contribution in [2.75, 3.05) is 46.2 Å². The lowest BCUT2D eigenvalue weighted by Crippen LogP contribution is -2.39. The Morgan fingerprint density at radius 2 is 1.71 bits per heavy atom. The second-order valence-electron chi connectivity index (χ2n) is 7.51. The zero-order chi connectivity index (χ0) is 21.6. The van der Waals surface area contributed by atoms with E-state index in [1.807, 2.05) is 7.05 Å². The molecule has 0 heterocycles. The molecule has 0 saturated carbocycles. The number of halogens is 1. The van der Waals surface area contributed by atoms with Crippen molar-refractivity contribution in [2.45, 2.75) is 32.5 Å². The molecule has 0 radical (unpaired) electrons. The summed E-state index contributed by atoms with van der Waals surface area (Å²) in [5, 5.41) is 10.1. The van der Waals surface area contributed by atoms with Gasteiger partial charge >= 0.3 is 0 Å². The van der Waals surface area contributed by atoms with E-state index < -0.39 is 0 Å². The summed E-state index contributed by atoms with van der Waals surface area (Å²) in [6, 6.07) is 19.5. The monoisotopic (exact) mass is 539 g/mol. The average molecular weight is 540 g/mol. The number of rotatable bonds is 12. The summed E-state index contributed by atoms with van der Waals surface area (Å²) in [5.74, 6) is 0.829. The van der Waals surface area contributed by atoms with Gasteiger partial charge in [-0.3, -0.25) is 9.89 Å². The van der Waals surface area contributed by atoms with Crippen LogP contribution in [0.5, 0.6) is 0 Å². The standard InChI is InChI=1S/C24H37N5O.HI/c1-20(29(3)19-22-8-6-5-7-9-22)14-15-27-24(25-2)28-18-21-10-12-23(13-11-21)26-16-17-30-4;/h5-13,20,26H,14-19H2,1-4H3,(H2,25,27,28);1H. The molecule has 0 aromatic heterocycles. The highest BCUT2D eigenvalue weighted by atomic mass is 127. The third-order valence-electron chi connectivity index (χ3n) is 5.15. The lowest BCUT2D eigenvalue weighted by atomic mass is 10.1. The number of guanidine groups is 1. The van der Waals surface area contributed by atoms with Crippen molar-refractivity contribution in [1.82, 2.24) is 15.5 Å². The molecule has 2 rings (SSSR count). The van der Waals surface area contributed by atoms with Crippen LogP contribution >= 0.6 is 24.0 Å². The zero-order valence-corrected chi connectivity index (χ0v) is 21.6. The molecule has 0 aliphatic carbocycles. The number of nitrogens with zero attached hydrogens (tertiary/aromatic N) is 2. The highest BCUT2D eigenvalue weighted by molar-refractivity contribution is 14.0. The van der Waals surface area contributed by atoms with E-state index in [9.17, 15) is 0 Å². The van der Waals surface area contributed by atoms with Crippen LogP contribution in [0.2, 0.25) is 0 Å². The van der Waals surface area contributed by atoms with Gasteiger partial charge in [-0.2, -0.15) is 0 Å². The highest BCUT2D eigenvalue weighted by Crippen LogP contribution is 2.09. The van der Waals surface area contributed by atoms with Crippen molar-refractivity contribution in [2.24, 2.45) is 4.99 Å². The number of aliphatic imine (C=N–C) groups is 1. The maximum absolute atomic E-state index is 5.06. The fraction of sp³-hybridized carbons (Fsp3) is 0.458. The van der Waals surface area contributed by atoms with E-state index in [0.717, 1.165) is 44.2 Å². The molecule has 31 heavy (non-hydrogen) atoms. The van der Waals surface area contributed by atoms with Crippen LogP contribution in [-0.2, 0) is 17.8 Å². The number of benzene rings is 2. The third-order valence-corrected chi connectivity index (χ3v) is 5.15. The average Bonchev–Trinajstić information content (AvgIpc) is 2.77. The van der Waals surface area contributed by atoms with E-state index in [2.05, 4.69) is 94.4 Å². The minimum Gasteiger partial charge on any atom is -0.383 e. The van der Waals surface area contributed by atoms with Crippen LogP contribution < -0.4 is 16.0 Å². The Bertz CT molecular complexity index is 739. The van der Waals surface area contributed by atoms with E-state index in [1.165, 1.54) is 11.1 Å². The van der Waals surface area contributed by atoms with Gasteiger partial charge in [0.15, 0.2) is 5.96 Å². The largest absolute Gasteiger partial charge is 0.383 e. The molecule has 0 bridgehead atoms. The zero-order valence-electron chi connectivity index (χ0n) is 19.2. The van der Waals surface area contributed by atoms with Crippen LogP contribution in [-0.4, -0.2) is 57.8 Å². The first-order valence-electron chi connectivity index (χ1n) is 10.6. The van der Waals surface area contributed by atoms with Crippen LogP contribution in [0.1, 0.15) is 24.5 Å². The first-order valence-corrected chi connectivity index (χ1v) is 10.6. The van der Waals surface area contributed by atoms with Gasteiger partial charge < -0.3 is 20.7 Å². The molecule has 1 atom stereocenters. The summed E-state index contributed by atoms with van der Waals surface area (Å²) in [7, 11) is 5.70. The first-order chi connectivity index (χ1) is 14.6. The predicted octanol–water partition coefficient (Wildman–Crippen LogP) is 3.94. The molecule has 3 N–H and O–H groups in total. The third kappa shape index (κ3) is 10.8. The van der Waals surface area contributed by atoms with Crippen molar-refractivity contribution in [3.8, 4) is 0 Å². The maximum atomic E-state index is 5.06. The molecule has 0 saturated heterocycles. The van der Waals surface area contributed by atoms with Crippen LogP contribution in [0, 0.1) is 0 Å². The summed E-state index contributed by atoms with van der Waals surface area (Å²) in [4.78, 5) is 6.72. The molecule has 0 aliphatic rings. The normalized spacial score (nSPS) is 12.2. The predicted molar refractivity (Wildman–Crippen MR) is 142 cm³/mol. The van der Waals surface area contributed by atoms with Gasteiger partial charge in [0.1, 0.15) is 0 Å². The number of nitrogens with one attached hydrogen (secondary N) is 3. The molecule has 0 amide bonds. The molecule has 6 nitrogen and oxygen atoms in total. The molecule has 2 aromatic carbocycles. The number of methoxy groups -OCH3 is 1. The summed E-state index contributed by atoms with van der Waals surface area (Å²) in [5.41, 5.74) is 3.66. The Balaban J connectivity index is 0.00000480. The summed E-state index contributed by atoms with van der Waals surface area (Å²) >= 11 is 0. The molecular formula is C24H38IN5O. The van der Waals surface area contributed by atoms with Crippen LogP contribution in [0.3, 0.4) is 0 Å². The number of ether oxygens (including phenoxy) is 1. The van der Waals surface area contributed by atoms with Gasteiger partial charge in [-0.1, -0.05) is 42.5 Å². The quantitative estimate of drug-likeness (QED) is 0.165. The highest BCUT2D eigenvalue weighted by Gasteiger charge is 2.09. The molecule has 0 fully saturated rings. The van der Waals surface area contributed by atoms with Crippen molar-refractivity contribution < 1.29 is 4.74 Å². The van der Waals surface area contributed by atoms with Crippen molar-refractivity contribution in [3.05, 3.63) is 65.7 Å². The lowest BCUT2D eigenvalue weighted by molar-refractivity contribution is 0.211. The Morgan fingerprint density at radius 3 is 2.35 bits per heavy atom. The fourth-order valence-electron chi connectivity index (χ4n) is 3.09. The van der Waals surface area contributed by atoms with E-state index >= 15 is 0 Å². The Hall–Kier alpha value is -1.84. The first kappa shape index (κ1) is 27.2. The van der Waals surface area contributed by atoms with Crippen molar-refractivity contribution >= 4 is 35.6 Å². The molecule has 7 heteroatoms. The summed E-state index contributed by atoms with van der Waals surface area (Å²) in [6.07, 6.45) is 1.05. The topological polar surface area (TPSA) is 60.9 Å². The number of anilines is 1. The Kier molecular flexibility index (Phi) is 13.9. The van der Waals surface area contributed by atoms with Crippen LogP contribution in [0.15, 0.2) is 59.6 Å². The smallest absolute Gasteiger partial charge is 0.191 e. The molecule has 172 valence electrons. The second kappa shape index (κ2) is 15.9. The Morgan fingerprint density at radius 1 is 1.00 bits per heavy atom. The Labute approximate surface area is 204 Å². The van der Waals surface area contributed by atoms with Gasteiger partial charge in [-0.15, -0.1) is 24.0 Å². The minimum atomic E-state index is 0. The maximum Gasteiger partial charge on any atom is 0.191 e. The molecule has 0 spiro atoms. The number of hydrogen-bond acceptors (Lipinski definition) is 4. The lowest BCUT2D eigenvalue weighted by Gasteiger charge is -2.25. The molecular weight excluding hydrogens is 501 g/mol. The summed E-state index contributed by atoms with van der Waals surface area (Å²) in [6.45, 7) is 6.35. The van der Waals surface area contributed by atoms with Crippen LogP contribution in [0.25, 0.3) is 0 Å². The molecule has 0 aliphatic heterocycles. The van der Waals surface area contributed by atoms with E-state index in [4.69, 9.17) is 4.74 Å². The van der Waals surface area contributed by atoms with Crippen LogP contribution in [0.4, 0.5) is 5.69 Å². The van der Waals surface area contributed by atoms with Gasteiger partial charge in [0.2, 0.25) is 0 Å². The fourth-order valence-corrected chi connectivity index (χ4v) is 3.09. The van der Waals surface area contributed by atoms with Crippen molar-refractivity contribution in [3.63, 3.8) is 0 Å². The van der Waals surface area contributed by atoms with Gasteiger partial charge in [0, 0.05) is 52.1 Å². The van der Waals surface area contributed by atoms with Gasteiger partial charge in [0.25, 0.3) is 0 Å². The van der Waals surface area contributed by atoms with Gasteiger partial charge in [0.05, 0.1) is 6.61 Å².